The standard InChI is InChI=1S/C13H29NOS/c1-11(10-13(5,6)15-7)14-8-9-16-12(2,3)4/h11,14H,8-10H2,1-7H3. The lowest BCUT2D eigenvalue weighted by atomic mass is 10.00. The number of ether oxygens (including phenoxy) is 1. The molecular formula is C13H29NOS. The van der Waals surface area contributed by atoms with E-state index in [9.17, 15) is 0 Å². The molecule has 0 radical (unpaired) electrons. The Kier molecular flexibility index (Phi) is 6.99. The molecule has 3 heteroatoms. The Labute approximate surface area is 106 Å². The molecule has 0 aromatic carbocycles. The molecule has 0 aliphatic carbocycles. The lowest BCUT2D eigenvalue weighted by molar-refractivity contribution is 0.00876. The van der Waals surface area contributed by atoms with Gasteiger partial charge >= 0.3 is 0 Å². The molecule has 0 amide bonds. The van der Waals surface area contributed by atoms with Crippen LogP contribution in [-0.2, 0) is 4.74 Å². The number of thioether (sulfide) groups is 1. The molecule has 0 aromatic heterocycles. The Morgan fingerprint density at radius 3 is 2.19 bits per heavy atom. The second-order valence-corrected chi connectivity index (χ2v) is 7.91. The first-order valence-corrected chi connectivity index (χ1v) is 7.07. The molecule has 0 rings (SSSR count). The fourth-order valence-electron chi connectivity index (χ4n) is 1.56. The van der Waals surface area contributed by atoms with Crippen molar-refractivity contribution in [2.75, 3.05) is 19.4 Å². The van der Waals surface area contributed by atoms with E-state index in [0.717, 1.165) is 13.0 Å². The van der Waals surface area contributed by atoms with Crippen molar-refractivity contribution in [2.45, 2.75) is 64.4 Å². The van der Waals surface area contributed by atoms with Crippen LogP contribution in [-0.4, -0.2) is 35.8 Å². The number of nitrogens with one attached hydrogen (secondary N) is 1. The van der Waals surface area contributed by atoms with Gasteiger partial charge in [-0.3, -0.25) is 0 Å². The van der Waals surface area contributed by atoms with Gasteiger partial charge in [0.1, 0.15) is 0 Å². The second-order valence-electron chi connectivity index (χ2n) is 5.98. The van der Waals surface area contributed by atoms with Crippen molar-refractivity contribution in [1.29, 1.82) is 0 Å². The fraction of sp³-hybridized carbons (Fsp3) is 1.00. The van der Waals surface area contributed by atoms with Crippen LogP contribution < -0.4 is 5.32 Å². The van der Waals surface area contributed by atoms with Crippen LogP contribution in [0, 0.1) is 0 Å². The first-order valence-electron chi connectivity index (χ1n) is 6.09. The van der Waals surface area contributed by atoms with Gasteiger partial charge in [0.15, 0.2) is 0 Å². The highest BCUT2D eigenvalue weighted by atomic mass is 32.2. The highest BCUT2D eigenvalue weighted by Crippen LogP contribution is 2.22. The molecule has 0 aromatic rings. The van der Waals surface area contributed by atoms with Crippen LogP contribution >= 0.6 is 11.8 Å². The van der Waals surface area contributed by atoms with E-state index >= 15 is 0 Å². The first kappa shape index (κ1) is 16.3. The molecule has 1 N–H and O–H groups in total. The quantitative estimate of drug-likeness (QED) is 0.697. The molecule has 2 nitrogen and oxygen atoms in total. The highest BCUT2D eigenvalue weighted by Gasteiger charge is 2.19. The van der Waals surface area contributed by atoms with Gasteiger partial charge in [-0.15, -0.1) is 0 Å². The Morgan fingerprint density at radius 2 is 1.75 bits per heavy atom. The Bertz CT molecular complexity index is 187. The van der Waals surface area contributed by atoms with Crippen molar-refractivity contribution >= 4 is 11.8 Å². The first-order chi connectivity index (χ1) is 7.16. The molecule has 0 aliphatic heterocycles. The summed E-state index contributed by atoms with van der Waals surface area (Å²) in [5.74, 6) is 1.17. The zero-order chi connectivity index (χ0) is 12.8. The Morgan fingerprint density at radius 1 is 1.19 bits per heavy atom. The second kappa shape index (κ2) is 6.87. The molecule has 0 heterocycles. The predicted molar refractivity (Wildman–Crippen MR) is 75.4 cm³/mol. The smallest absolute Gasteiger partial charge is 0.0637 e. The van der Waals surface area contributed by atoms with Crippen molar-refractivity contribution in [1.82, 2.24) is 5.32 Å². The molecular weight excluding hydrogens is 218 g/mol. The summed E-state index contributed by atoms with van der Waals surface area (Å²) in [4.78, 5) is 0. The van der Waals surface area contributed by atoms with Gasteiger partial charge in [0.25, 0.3) is 0 Å². The summed E-state index contributed by atoms with van der Waals surface area (Å²) in [5, 5.41) is 3.54. The third-order valence-corrected chi connectivity index (χ3v) is 3.75. The summed E-state index contributed by atoms with van der Waals surface area (Å²) in [7, 11) is 1.78. The fourth-order valence-corrected chi connectivity index (χ4v) is 2.39. The summed E-state index contributed by atoms with van der Waals surface area (Å²) in [6, 6.07) is 0.510. The van der Waals surface area contributed by atoms with E-state index in [0.29, 0.717) is 10.8 Å². The maximum atomic E-state index is 5.42. The molecule has 1 unspecified atom stereocenters. The van der Waals surface area contributed by atoms with Gasteiger partial charge in [-0.05, 0) is 27.2 Å². The zero-order valence-corrected chi connectivity index (χ0v) is 12.8. The number of methoxy groups -OCH3 is 1. The normalized spacial score (nSPS) is 15.2. The monoisotopic (exact) mass is 247 g/mol. The molecule has 0 aliphatic rings. The van der Waals surface area contributed by atoms with Crippen molar-refractivity contribution in [3.05, 3.63) is 0 Å². The van der Waals surface area contributed by atoms with E-state index in [4.69, 9.17) is 4.74 Å². The van der Waals surface area contributed by atoms with E-state index in [1.54, 1.807) is 7.11 Å². The third-order valence-electron chi connectivity index (χ3n) is 2.48. The summed E-state index contributed by atoms with van der Waals surface area (Å²) in [6.07, 6.45) is 1.05. The molecule has 98 valence electrons. The molecule has 0 saturated heterocycles. The average molecular weight is 247 g/mol. The van der Waals surface area contributed by atoms with Crippen LogP contribution in [0.15, 0.2) is 0 Å². The van der Waals surface area contributed by atoms with Crippen LogP contribution in [0.2, 0.25) is 0 Å². The van der Waals surface area contributed by atoms with Crippen molar-refractivity contribution in [2.24, 2.45) is 0 Å². The maximum absolute atomic E-state index is 5.42. The molecule has 0 fully saturated rings. The van der Waals surface area contributed by atoms with Gasteiger partial charge in [-0.1, -0.05) is 20.8 Å². The van der Waals surface area contributed by atoms with E-state index in [1.807, 2.05) is 11.8 Å². The maximum Gasteiger partial charge on any atom is 0.0637 e. The highest BCUT2D eigenvalue weighted by molar-refractivity contribution is 8.00. The van der Waals surface area contributed by atoms with Crippen molar-refractivity contribution in [3.63, 3.8) is 0 Å². The summed E-state index contributed by atoms with van der Waals surface area (Å²) >= 11 is 2.01. The van der Waals surface area contributed by atoms with E-state index < -0.39 is 0 Å². The topological polar surface area (TPSA) is 21.3 Å². The Balaban J connectivity index is 3.63. The molecule has 0 saturated carbocycles. The van der Waals surface area contributed by atoms with E-state index in [2.05, 4.69) is 46.9 Å². The van der Waals surface area contributed by atoms with Crippen LogP contribution in [0.3, 0.4) is 0 Å². The number of rotatable bonds is 7. The summed E-state index contributed by atoms with van der Waals surface area (Å²) in [6.45, 7) is 14.3. The van der Waals surface area contributed by atoms with Gasteiger partial charge in [0, 0.05) is 30.2 Å². The molecule has 0 spiro atoms. The van der Waals surface area contributed by atoms with Crippen LogP contribution in [0.5, 0.6) is 0 Å². The largest absolute Gasteiger partial charge is 0.379 e. The zero-order valence-electron chi connectivity index (χ0n) is 12.0. The van der Waals surface area contributed by atoms with Gasteiger partial charge in [-0.2, -0.15) is 11.8 Å². The SMILES string of the molecule is COC(C)(C)CC(C)NCCSC(C)(C)C. The van der Waals surface area contributed by atoms with Gasteiger partial charge < -0.3 is 10.1 Å². The third kappa shape index (κ3) is 9.49. The molecule has 1 atom stereocenters. The minimum Gasteiger partial charge on any atom is -0.379 e. The van der Waals surface area contributed by atoms with Crippen molar-refractivity contribution in [3.8, 4) is 0 Å². The van der Waals surface area contributed by atoms with Gasteiger partial charge in [0.05, 0.1) is 5.60 Å². The minimum atomic E-state index is -0.0242. The van der Waals surface area contributed by atoms with E-state index in [1.165, 1.54) is 5.75 Å². The van der Waals surface area contributed by atoms with Crippen LogP contribution in [0.25, 0.3) is 0 Å². The number of hydrogen-bond donors (Lipinski definition) is 1. The Hall–Kier alpha value is 0.270. The lowest BCUT2D eigenvalue weighted by Crippen LogP contribution is -2.36. The number of hydrogen-bond acceptors (Lipinski definition) is 3. The van der Waals surface area contributed by atoms with Gasteiger partial charge in [0.2, 0.25) is 0 Å². The van der Waals surface area contributed by atoms with Crippen LogP contribution in [0.1, 0.15) is 48.0 Å². The van der Waals surface area contributed by atoms with Crippen LogP contribution in [0.4, 0.5) is 0 Å². The van der Waals surface area contributed by atoms with Crippen molar-refractivity contribution < 1.29 is 4.74 Å². The molecule has 16 heavy (non-hydrogen) atoms. The van der Waals surface area contributed by atoms with Gasteiger partial charge in [-0.25, -0.2) is 0 Å². The van der Waals surface area contributed by atoms with E-state index in [-0.39, 0.29) is 5.60 Å². The summed E-state index contributed by atoms with van der Waals surface area (Å²) < 4.78 is 5.80. The average Bonchev–Trinajstić information content (AvgIpc) is 2.10. The minimum absolute atomic E-state index is 0.0242. The summed E-state index contributed by atoms with van der Waals surface area (Å²) in [5.41, 5.74) is -0.0242. The molecule has 0 bridgehead atoms. The predicted octanol–water partition coefficient (Wildman–Crippen LogP) is 3.31. The lowest BCUT2D eigenvalue weighted by Gasteiger charge is -2.27.